The van der Waals surface area contributed by atoms with Crippen molar-refractivity contribution < 1.29 is 0 Å². The Hall–Kier alpha value is -1.49. The van der Waals surface area contributed by atoms with Gasteiger partial charge >= 0.3 is 0 Å². The number of fused-ring (bicyclic) bond motifs is 1. The average molecular weight is 364 g/mol. The van der Waals surface area contributed by atoms with E-state index in [4.69, 9.17) is 28.3 Å². The van der Waals surface area contributed by atoms with Crippen molar-refractivity contribution >= 4 is 40.4 Å². The monoisotopic (exact) mass is 363 g/mol. The molecular formula is C17H15Cl2N3S. The van der Waals surface area contributed by atoms with Gasteiger partial charge < -0.3 is 5.32 Å². The minimum atomic E-state index is 0.603. The summed E-state index contributed by atoms with van der Waals surface area (Å²) in [6.07, 6.45) is 3.35. The van der Waals surface area contributed by atoms with Crippen LogP contribution in [-0.4, -0.2) is 16.3 Å². The molecule has 1 N–H and O–H groups in total. The first kappa shape index (κ1) is 15.1. The van der Waals surface area contributed by atoms with Crippen molar-refractivity contribution in [2.24, 2.45) is 0 Å². The quantitative estimate of drug-likeness (QED) is 0.636. The van der Waals surface area contributed by atoms with Crippen LogP contribution in [0.1, 0.15) is 18.4 Å². The van der Waals surface area contributed by atoms with Crippen LogP contribution >= 0.6 is 34.5 Å². The minimum absolute atomic E-state index is 0.603. The number of aromatic nitrogens is 2. The summed E-state index contributed by atoms with van der Waals surface area (Å²) >= 11 is 14.2. The number of rotatable bonds is 2. The van der Waals surface area contributed by atoms with Crippen LogP contribution in [0.15, 0.2) is 35.7 Å². The second kappa shape index (κ2) is 6.19. The van der Waals surface area contributed by atoms with Gasteiger partial charge in [0.15, 0.2) is 0 Å². The van der Waals surface area contributed by atoms with Gasteiger partial charge in [0.25, 0.3) is 0 Å². The number of benzene rings is 1. The fourth-order valence-corrected chi connectivity index (χ4v) is 4.17. The molecule has 0 spiro atoms. The van der Waals surface area contributed by atoms with Gasteiger partial charge in [-0.15, -0.1) is 11.3 Å². The first-order valence-corrected chi connectivity index (χ1v) is 9.22. The SMILES string of the molecule is Clc1ccc(-n2nc(-c3cccs3)c3c2NCCCC3)c(Cl)c1. The first-order valence-electron chi connectivity index (χ1n) is 7.59. The third-order valence-electron chi connectivity index (χ3n) is 4.02. The maximum absolute atomic E-state index is 6.41. The van der Waals surface area contributed by atoms with Gasteiger partial charge in [-0.3, -0.25) is 0 Å². The van der Waals surface area contributed by atoms with Gasteiger partial charge in [0, 0.05) is 17.1 Å². The van der Waals surface area contributed by atoms with Crippen LogP contribution in [0, 0.1) is 0 Å². The first-order chi connectivity index (χ1) is 11.2. The molecule has 23 heavy (non-hydrogen) atoms. The van der Waals surface area contributed by atoms with E-state index >= 15 is 0 Å². The number of nitrogens with one attached hydrogen (secondary N) is 1. The number of hydrogen-bond acceptors (Lipinski definition) is 3. The number of thiophene rings is 1. The molecule has 1 aromatic carbocycles. The molecule has 6 heteroatoms. The van der Waals surface area contributed by atoms with E-state index < -0.39 is 0 Å². The van der Waals surface area contributed by atoms with Crippen molar-refractivity contribution in [2.75, 3.05) is 11.9 Å². The second-order valence-electron chi connectivity index (χ2n) is 5.54. The molecule has 0 saturated carbocycles. The third-order valence-corrected chi connectivity index (χ3v) is 5.44. The number of hydrogen-bond donors (Lipinski definition) is 1. The molecule has 3 nitrogen and oxygen atoms in total. The van der Waals surface area contributed by atoms with E-state index in [1.807, 2.05) is 16.8 Å². The lowest BCUT2D eigenvalue weighted by molar-refractivity contribution is 0.780. The fraction of sp³-hybridized carbons (Fsp3) is 0.235. The van der Waals surface area contributed by atoms with Gasteiger partial charge in [-0.25, -0.2) is 4.68 Å². The summed E-state index contributed by atoms with van der Waals surface area (Å²) in [7, 11) is 0. The molecule has 4 rings (SSSR count). The van der Waals surface area contributed by atoms with Gasteiger partial charge in [0.2, 0.25) is 0 Å². The molecule has 0 unspecified atom stereocenters. The summed E-state index contributed by atoms with van der Waals surface area (Å²) in [6.45, 7) is 0.952. The molecule has 0 radical (unpaired) electrons. The standard InChI is InChI=1S/C17H15Cl2N3S/c18-11-6-7-14(13(19)10-11)22-17-12(4-1-2-8-20-17)16(21-22)15-5-3-9-23-15/h3,5-7,9-10,20H,1-2,4,8H2. The zero-order valence-electron chi connectivity index (χ0n) is 12.4. The zero-order valence-corrected chi connectivity index (χ0v) is 14.7. The Kier molecular flexibility index (Phi) is 4.05. The maximum atomic E-state index is 6.41. The molecule has 0 aliphatic carbocycles. The average Bonchev–Trinajstić information content (AvgIpc) is 3.10. The highest BCUT2D eigenvalue weighted by Crippen LogP contribution is 2.37. The van der Waals surface area contributed by atoms with E-state index in [1.165, 1.54) is 16.9 Å². The topological polar surface area (TPSA) is 29.9 Å². The van der Waals surface area contributed by atoms with Crippen LogP contribution in [-0.2, 0) is 6.42 Å². The number of nitrogens with zero attached hydrogens (tertiary/aromatic N) is 2. The highest BCUT2D eigenvalue weighted by molar-refractivity contribution is 7.13. The third kappa shape index (κ3) is 2.75. The van der Waals surface area contributed by atoms with Crippen LogP contribution in [0.3, 0.4) is 0 Å². The summed E-state index contributed by atoms with van der Waals surface area (Å²) in [5, 5.41) is 11.7. The smallest absolute Gasteiger partial charge is 0.133 e. The molecule has 118 valence electrons. The van der Waals surface area contributed by atoms with Gasteiger partial charge in [-0.05, 0) is 48.9 Å². The molecule has 1 aliphatic rings. The van der Waals surface area contributed by atoms with E-state index in [0.717, 1.165) is 36.6 Å². The normalized spacial score (nSPS) is 14.2. The summed E-state index contributed by atoms with van der Waals surface area (Å²) in [5.74, 6) is 1.05. The highest BCUT2D eigenvalue weighted by Gasteiger charge is 2.23. The molecule has 0 fully saturated rings. The molecule has 3 aromatic rings. The van der Waals surface area contributed by atoms with E-state index in [2.05, 4.69) is 22.8 Å². The highest BCUT2D eigenvalue weighted by atomic mass is 35.5. The largest absolute Gasteiger partial charge is 0.370 e. The van der Waals surface area contributed by atoms with Crippen molar-refractivity contribution in [1.29, 1.82) is 0 Å². The van der Waals surface area contributed by atoms with Crippen molar-refractivity contribution in [3.05, 3.63) is 51.3 Å². The van der Waals surface area contributed by atoms with Gasteiger partial charge in [0.05, 0.1) is 15.6 Å². The number of anilines is 1. The Balaban J connectivity index is 1.93. The van der Waals surface area contributed by atoms with Crippen molar-refractivity contribution in [3.8, 4) is 16.3 Å². The van der Waals surface area contributed by atoms with Crippen molar-refractivity contribution in [1.82, 2.24) is 9.78 Å². The molecule has 0 saturated heterocycles. The predicted octanol–water partition coefficient (Wildman–Crippen LogP) is 5.66. The maximum Gasteiger partial charge on any atom is 0.133 e. The Labute approximate surface area is 148 Å². The van der Waals surface area contributed by atoms with Crippen LogP contribution in [0.2, 0.25) is 10.0 Å². The molecule has 0 amide bonds. The van der Waals surface area contributed by atoms with Gasteiger partial charge in [-0.2, -0.15) is 5.10 Å². The minimum Gasteiger partial charge on any atom is -0.370 e. The van der Waals surface area contributed by atoms with E-state index in [9.17, 15) is 0 Å². The Morgan fingerprint density at radius 1 is 1.17 bits per heavy atom. The van der Waals surface area contributed by atoms with Crippen LogP contribution in [0.25, 0.3) is 16.3 Å². The van der Waals surface area contributed by atoms with E-state index in [1.54, 1.807) is 17.4 Å². The van der Waals surface area contributed by atoms with Crippen LogP contribution in [0.5, 0.6) is 0 Å². The van der Waals surface area contributed by atoms with Crippen molar-refractivity contribution in [3.63, 3.8) is 0 Å². The summed E-state index contributed by atoms with van der Waals surface area (Å²) in [4.78, 5) is 1.19. The van der Waals surface area contributed by atoms with Crippen LogP contribution in [0.4, 0.5) is 5.82 Å². The Morgan fingerprint density at radius 3 is 2.87 bits per heavy atom. The Bertz CT molecular complexity index is 840. The van der Waals surface area contributed by atoms with E-state index in [0.29, 0.717) is 10.0 Å². The zero-order chi connectivity index (χ0) is 15.8. The summed E-state index contributed by atoms with van der Waals surface area (Å²) < 4.78 is 1.92. The molecule has 0 bridgehead atoms. The van der Waals surface area contributed by atoms with Crippen molar-refractivity contribution in [2.45, 2.75) is 19.3 Å². The lowest BCUT2D eigenvalue weighted by Gasteiger charge is -2.10. The molecule has 0 atom stereocenters. The number of halogens is 2. The van der Waals surface area contributed by atoms with Gasteiger partial charge in [-0.1, -0.05) is 29.3 Å². The second-order valence-corrected chi connectivity index (χ2v) is 7.34. The fourth-order valence-electron chi connectivity index (χ4n) is 2.94. The molecule has 1 aliphatic heterocycles. The predicted molar refractivity (Wildman–Crippen MR) is 98.3 cm³/mol. The molecule has 3 heterocycles. The summed E-state index contributed by atoms with van der Waals surface area (Å²) in [6, 6.07) is 9.70. The Morgan fingerprint density at radius 2 is 2.09 bits per heavy atom. The van der Waals surface area contributed by atoms with E-state index in [-0.39, 0.29) is 0 Å². The lowest BCUT2D eigenvalue weighted by Crippen LogP contribution is -2.07. The lowest BCUT2D eigenvalue weighted by atomic mass is 10.1. The molecule has 2 aromatic heterocycles. The molecular weight excluding hydrogens is 349 g/mol. The summed E-state index contributed by atoms with van der Waals surface area (Å²) in [5.41, 5.74) is 3.18. The van der Waals surface area contributed by atoms with Crippen LogP contribution < -0.4 is 5.32 Å². The van der Waals surface area contributed by atoms with Gasteiger partial charge in [0.1, 0.15) is 11.5 Å².